The third kappa shape index (κ3) is 21.5. The lowest BCUT2D eigenvalue weighted by Gasteiger charge is -2.09. The van der Waals surface area contributed by atoms with Crippen molar-refractivity contribution in [2.75, 3.05) is 85.9 Å². The summed E-state index contributed by atoms with van der Waals surface area (Å²) < 4.78 is 38.4. The number of hydrogen-bond acceptors (Lipinski definition) is 8. The monoisotopic (exact) mass is 498 g/mol. The highest BCUT2D eigenvalue weighted by Crippen LogP contribution is 2.10. The quantitative estimate of drug-likeness (QED) is 0.131. The number of rotatable bonds is 27. The Morgan fingerprint density at radius 1 is 0.514 bits per heavy atom. The molecule has 202 valence electrons. The van der Waals surface area contributed by atoms with Gasteiger partial charge in [-0.15, -0.1) is 0 Å². The second kappa shape index (κ2) is 25.5. The highest BCUT2D eigenvalue weighted by Gasteiger charge is 1.97. The lowest BCUT2D eigenvalue weighted by Crippen LogP contribution is -2.14. The van der Waals surface area contributed by atoms with E-state index in [1.165, 1.54) is 32.1 Å². The minimum atomic E-state index is 0.446. The number of aldehydes is 1. The smallest absolute Gasteiger partial charge is 0.150 e. The largest absolute Gasteiger partial charge is 0.491 e. The lowest BCUT2D eigenvalue weighted by molar-refractivity contribution is -0.0179. The summed E-state index contributed by atoms with van der Waals surface area (Å²) in [5.74, 6) is 0.716. The fourth-order valence-corrected chi connectivity index (χ4v) is 3.05. The minimum absolute atomic E-state index is 0.446. The van der Waals surface area contributed by atoms with Crippen molar-refractivity contribution < 1.29 is 38.0 Å². The van der Waals surface area contributed by atoms with Gasteiger partial charge in [0, 0.05) is 12.2 Å². The van der Waals surface area contributed by atoms with Crippen LogP contribution in [0.1, 0.15) is 55.8 Å². The summed E-state index contributed by atoms with van der Waals surface area (Å²) in [6, 6.07) is 6.96. The zero-order valence-electron chi connectivity index (χ0n) is 21.6. The Balaban J connectivity index is 1.68. The number of carbonyl (C=O) groups is 1. The van der Waals surface area contributed by atoms with Gasteiger partial charge in [0.1, 0.15) is 18.6 Å². The average molecular weight is 499 g/mol. The Labute approximate surface area is 211 Å². The van der Waals surface area contributed by atoms with Crippen molar-refractivity contribution in [3.05, 3.63) is 29.8 Å². The van der Waals surface area contributed by atoms with Crippen LogP contribution in [0.5, 0.6) is 5.75 Å². The van der Waals surface area contributed by atoms with Crippen LogP contribution in [0.3, 0.4) is 0 Å². The topological polar surface area (TPSA) is 81.7 Å². The van der Waals surface area contributed by atoms with Gasteiger partial charge in [0.05, 0.1) is 72.7 Å². The predicted octanol–water partition coefficient (Wildman–Crippen LogP) is 4.34. The molecule has 8 nitrogen and oxygen atoms in total. The summed E-state index contributed by atoms with van der Waals surface area (Å²) in [6.07, 6.45) is 8.49. The molecule has 0 heterocycles. The Morgan fingerprint density at radius 3 is 1.37 bits per heavy atom. The maximum absolute atomic E-state index is 10.6. The van der Waals surface area contributed by atoms with E-state index in [1.807, 2.05) is 0 Å². The molecule has 0 amide bonds. The molecule has 0 aliphatic rings. The van der Waals surface area contributed by atoms with Crippen LogP contribution in [0.4, 0.5) is 0 Å². The highest BCUT2D eigenvalue weighted by molar-refractivity contribution is 5.74. The van der Waals surface area contributed by atoms with Crippen LogP contribution in [-0.4, -0.2) is 92.2 Å². The van der Waals surface area contributed by atoms with Gasteiger partial charge in [-0.05, 0) is 30.7 Å². The molecule has 0 N–H and O–H groups in total. The van der Waals surface area contributed by atoms with Gasteiger partial charge in [0.15, 0.2) is 0 Å². The van der Waals surface area contributed by atoms with Crippen molar-refractivity contribution >= 4 is 6.29 Å². The summed E-state index contributed by atoms with van der Waals surface area (Å²) in [5.41, 5.74) is 0.627. The van der Waals surface area contributed by atoms with Crippen LogP contribution in [-0.2, 0) is 28.4 Å². The molecule has 35 heavy (non-hydrogen) atoms. The predicted molar refractivity (Wildman–Crippen MR) is 136 cm³/mol. The highest BCUT2D eigenvalue weighted by atomic mass is 16.6. The van der Waals surface area contributed by atoms with E-state index in [0.717, 1.165) is 19.3 Å². The van der Waals surface area contributed by atoms with Crippen LogP contribution in [0, 0.1) is 0 Å². The number of ether oxygens (including phenoxy) is 7. The Bertz CT molecular complexity index is 567. The van der Waals surface area contributed by atoms with Gasteiger partial charge < -0.3 is 33.2 Å². The number of hydrogen-bond donors (Lipinski definition) is 0. The Morgan fingerprint density at radius 2 is 0.914 bits per heavy atom. The molecule has 0 unspecified atom stereocenters. The number of carbonyl (C=O) groups excluding carboxylic acids is 1. The van der Waals surface area contributed by atoms with Crippen LogP contribution in [0.2, 0.25) is 0 Å². The molecule has 0 saturated carbocycles. The SMILES string of the molecule is CCCCCCCCOCCOCCOCCOCCOCCOCCOc1ccc(C=O)cc1. The van der Waals surface area contributed by atoms with Gasteiger partial charge in [0.25, 0.3) is 0 Å². The molecule has 0 aliphatic carbocycles. The van der Waals surface area contributed by atoms with E-state index in [1.54, 1.807) is 24.3 Å². The van der Waals surface area contributed by atoms with Gasteiger partial charge in [-0.1, -0.05) is 39.0 Å². The summed E-state index contributed by atoms with van der Waals surface area (Å²) >= 11 is 0. The van der Waals surface area contributed by atoms with E-state index in [2.05, 4.69) is 6.92 Å². The van der Waals surface area contributed by atoms with Crippen molar-refractivity contribution in [3.8, 4) is 5.75 Å². The van der Waals surface area contributed by atoms with Crippen LogP contribution in [0.25, 0.3) is 0 Å². The second-order valence-electron chi connectivity index (χ2n) is 7.98. The first kappa shape index (κ1) is 31.5. The maximum Gasteiger partial charge on any atom is 0.150 e. The molecule has 0 aromatic heterocycles. The molecule has 0 spiro atoms. The first-order chi connectivity index (χ1) is 17.4. The zero-order chi connectivity index (χ0) is 25.1. The summed E-state index contributed by atoms with van der Waals surface area (Å²) in [6.45, 7) is 9.50. The molecule has 0 bridgehead atoms. The third-order valence-corrected chi connectivity index (χ3v) is 5.01. The van der Waals surface area contributed by atoms with Gasteiger partial charge in [-0.25, -0.2) is 0 Å². The van der Waals surface area contributed by atoms with Crippen LogP contribution >= 0.6 is 0 Å². The Hall–Kier alpha value is -1.55. The molecule has 0 fully saturated rings. The van der Waals surface area contributed by atoms with Crippen molar-refractivity contribution in [2.45, 2.75) is 45.4 Å². The fourth-order valence-electron chi connectivity index (χ4n) is 3.05. The van der Waals surface area contributed by atoms with Gasteiger partial charge in [0.2, 0.25) is 0 Å². The van der Waals surface area contributed by atoms with Crippen molar-refractivity contribution in [1.29, 1.82) is 0 Å². The zero-order valence-corrected chi connectivity index (χ0v) is 21.6. The van der Waals surface area contributed by atoms with E-state index in [9.17, 15) is 4.79 Å². The van der Waals surface area contributed by atoms with Gasteiger partial charge in [-0.2, -0.15) is 0 Å². The average Bonchev–Trinajstić information content (AvgIpc) is 2.89. The maximum atomic E-state index is 10.6. The summed E-state index contributed by atoms with van der Waals surface area (Å²) in [5, 5.41) is 0. The fraction of sp³-hybridized carbons (Fsp3) is 0.741. The van der Waals surface area contributed by atoms with Crippen molar-refractivity contribution in [1.82, 2.24) is 0 Å². The summed E-state index contributed by atoms with van der Waals surface area (Å²) in [4.78, 5) is 10.6. The van der Waals surface area contributed by atoms with Crippen molar-refractivity contribution in [3.63, 3.8) is 0 Å². The first-order valence-electron chi connectivity index (χ1n) is 13.0. The molecule has 0 saturated heterocycles. The van der Waals surface area contributed by atoms with Crippen molar-refractivity contribution in [2.24, 2.45) is 0 Å². The molecule has 0 aliphatic heterocycles. The van der Waals surface area contributed by atoms with Crippen LogP contribution in [0.15, 0.2) is 24.3 Å². The van der Waals surface area contributed by atoms with E-state index in [0.29, 0.717) is 90.6 Å². The molecular weight excluding hydrogens is 452 g/mol. The van der Waals surface area contributed by atoms with E-state index in [4.69, 9.17) is 33.2 Å². The van der Waals surface area contributed by atoms with E-state index in [-0.39, 0.29) is 0 Å². The number of benzene rings is 1. The van der Waals surface area contributed by atoms with Gasteiger partial charge in [-0.3, -0.25) is 4.79 Å². The molecular formula is C27H46O8. The third-order valence-electron chi connectivity index (χ3n) is 5.01. The molecule has 1 aromatic rings. The normalized spacial score (nSPS) is 11.1. The first-order valence-corrected chi connectivity index (χ1v) is 13.0. The molecule has 8 heteroatoms. The molecule has 0 atom stereocenters. The van der Waals surface area contributed by atoms with Crippen LogP contribution < -0.4 is 4.74 Å². The van der Waals surface area contributed by atoms with Gasteiger partial charge >= 0.3 is 0 Å². The second-order valence-corrected chi connectivity index (χ2v) is 7.98. The standard InChI is InChI=1S/C27H46O8/c1-2-3-4-5-6-7-12-29-13-14-30-15-16-31-17-18-32-19-20-33-21-22-34-23-24-35-27-10-8-26(25-28)9-11-27/h8-11,25H,2-7,12-24H2,1H3. The molecule has 0 radical (unpaired) electrons. The minimum Gasteiger partial charge on any atom is -0.491 e. The lowest BCUT2D eigenvalue weighted by atomic mass is 10.1. The number of unbranched alkanes of at least 4 members (excludes halogenated alkanes) is 5. The molecule has 1 aromatic carbocycles. The molecule has 1 rings (SSSR count). The van der Waals surface area contributed by atoms with E-state index >= 15 is 0 Å². The summed E-state index contributed by atoms with van der Waals surface area (Å²) in [7, 11) is 0. The Kier molecular flexibility index (Phi) is 23.0. The van der Waals surface area contributed by atoms with E-state index < -0.39 is 0 Å².